The van der Waals surface area contributed by atoms with Crippen LogP contribution in [0.1, 0.15) is 23.2 Å². The van der Waals surface area contributed by atoms with E-state index in [1.807, 2.05) is 12.1 Å². The first-order valence-corrected chi connectivity index (χ1v) is 9.03. The zero-order valence-electron chi connectivity index (χ0n) is 14.6. The Morgan fingerprint density at radius 2 is 1.62 bits per heavy atom. The number of aromatic carboxylic acids is 1. The largest absolute Gasteiger partial charge is 0.478 e. The summed E-state index contributed by atoms with van der Waals surface area (Å²) in [6.07, 6.45) is 2.13. The molecule has 0 radical (unpaired) electrons. The van der Waals surface area contributed by atoms with Crippen LogP contribution in [0.4, 0.5) is 11.4 Å². The second-order valence-corrected chi connectivity index (χ2v) is 6.82. The van der Waals surface area contributed by atoms with Crippen molar-refractivity contribution in [1.82, 2.24) is 0 Å². The molecule has 26 heavy (non-hydrogen) atoms. The first-order valence-electron chi connectivity index (χ1n) is 9.03. The maximum absolute atomic E-state index is 10.9. The van der Waals surface area contributed by atoms with Crippen LogP contribution in [0.25, 0.3) is 10.8 Å². The molecule has 1 aliphatic rings. The Balaban J connectivity index is 1.38. The molecule has 4 nitrogen and oxygen atoms in total. The third-order valence-electron chi connectivity index (χ3n) is 5.10. The summed E-state index contributed by atoms with van der Waals surface area (Å²) in [5.74, 6) is -0.889. The normalized spacial score (nSPS) is 15.2. The molecular weight excluding hydrogens is 324 g/mol. The van der Waals surface area contributed by atoms with Gasteiger partial charge in [-0.25, -0.2) is 4.79 Å². The third-order valence-corrected chi connectivity index (χ3v) is 5.10. The molecule has 0 bridgehead atoms. The summed E-state index contributed by atoms with van der Waals surface area (Å²) in [6, 6.07) is 22.5. The molecule has 0 unspecified atom stereocenters. The fourth-order valence-corrected chi connectivity index (χ4v) is 3.60. The summed E-state index contributed by atoms with van der Waals surface area (Å²) >= 11 is 0. The second-order valence-electron chi connectivity index (χ2n) is 6.82. The minimum atomic E-state index is -0.889. The van der Waals surface area contributed by atoms with Gasteiger partial charge in [-0.2, -0.15) is 0 Å². The minimum absolute atomic E-state index is 0.321. The highest BCUT2D eigenvalue weighted by Crippen LogP contribution is 2.26. The Hall–Kier alpha value is -3.01. The van der Waals surface area contributed by atoms with Gasteiger partial charge in [-0.1, -0.05) is 30.3 Å². The van der Waals surface area contributed by atoms with Gasteiger partial charge in [-0.05, 0) is 60.0 Å². The average Bonchev–Trinajstić information content (AvgIpc) is 2.68. The van der Waals surface area contributed by atoms with E-state index in [9.17, 15) is 4.79 Å². The SMILES string of the molecule is O=C(O)c1ccc(NC2CCN(c3ccc4ccccc4c3)CC2)cc1. The van der Waals surface area contributed by atoms with Crippen LogP contribution in [0, 0.1) is 0 Å². The predicted octanol–water partition coefficient (Wildman–Crippen LogP) is 4.62. The molecule has 4 rings (SSSR count). The molecule has 4 heteroatoms. The zero-order valence-corrected chi connectivity index (χ0v) is 14.6. The number of carboxylic acid groups (broad SMARTS) is 1. The zero-order chi connectivity index (χ0) is 17.9. The summed E-state index contributed by atoms with van der Waals surface area (Å²) in [6.45, 7) is 2.03. The van der Waals surface area contributed by atoms with Crippen LogP contribution in [-0.2, 0) is 0 Å². The summed E-state index contributed by atoms with van der Waals surface area (Å²) < 4.78 is 0. The Labute approximate surface area is 153 Å². The summed E-state index contributed by atoms with van der Waals surface area (Å²) in [5.41, 5.74) is 2.59. The van der Waals surface area contributed by atoms with Gasteiger partial charge in [0.2, 0.25) is 0 Å². The lowest BCUT2D eigenvalue weighted by Crippen LogP contribution is -2.39. The van der Waals surface area contributed by atoms with Gasteiger partial charge in [0, 0.05) is 30.5 Å². The molecular formula is C22H22N2O2. The molecule has 0 spiro atoms. The molecule has 3 aromatic carbocycles. The van der Waals surface area contributed by atoms with Gasteiger partial charge in [-0.3, -0.25) is 0 Å². The highest BCUT2D eigenvalue weighted by atomic mass is 16.4. The van der Waals surface area contributed by atoms with E-state index in [-0.39, 0.29) is 0 Å². The maximum Gasteiger partial charge on any atom is 0.335 e. The van der Waals surface area contributed by atoms with Gasteiger partial charge in [0.05, 0.1) is 5.56 Å². The molecule has 132 valence electrons. The van der Waals surface area contributed by atoms with Crippen molar-refractivity contribution in [2.24, 2.45) is 0 Å². The van der Waals surface area contributed by atoms with Crippen LogP contribution >= 0.6 is 0 Å². The van der Waals surface area contributed by atoms with E-state index in [0.717, 1.165) is 31.6 Å². The van der Waals surface area contributed by atoms with Gasteiger partial charge < -0.3 is 15.3 Å². The number of benzene rings is 3. The van der Waals surface area contributed by atoms with Crippen molar-refractivity contribution in [1.29, 1.82) is 0 Å². The molecule has 0 saturated carbocycles. The first-order chi connectivity index (χ1) is 12.7. The van der Waals surface area contributed by atoms with E-state index >= 15 is 0 Å². The van der Waals surface area contributed by atoms with Crippen molar-refractivity contribution in [2.45, 2.75) is 18.9 Å². The van der Waals surface area contributed by atoms with Crippen LogP contribution in [-0.4, -0.2) is 30.2 Å². The van der Waals surface area contributed by atoms with Crippen LogP contribution < -0.4 is 10.2 Å². The van der Waals surface area contributed by atoms with Gasteiger partial charge >= 0.3 is 5.97 Å². The quantitative estimate of drug-likeness (QED) is 0.724. The highest BCUT2D eigenvalue weighted by Gasteiger charge is 2.19. The molecule has 0 aromatic heterocycles. The maximum atomic E-state index is 10.9. The highest BCUT2D eigenvalue weighted by molar-refractivity contribution is 5.88. The van der Waals surface area contributed by atoms with E-state index in [2.05, 4.69) is 52.7 Å². The van der Waals surface area contributed by atoms with E-state index in [1.165, 1.54) is 16.5 Å². The van der Waals surface area contributed by atoms with Crippen molar-refractivity contribution < 1.29 is 9.90 Å². The second kappa shape index (κ2) is 7.08. The van der Waals surface area contributed by atoms with Crippen molar-refractivity contribution in [2.75, 3.05) is 23.3 Å². The van der Waals surface area contributed by atoms with Crippen molar-refractivity contribution in [3.05, 3.63) is 72.3 Å². The van der Waals surface area contributed by atoms with E-state index in [1.54, 1.807) is 12.1 Å². The molecule has 0 aliphatic carbocycles. The number of rotatable bonds is 4. The molecule has 1 aliphatic heterocycles. The molecule has 3 aromatic rings. The van der Waals surface area contributed by atoms with Crippen LogP contribution in [0.2, 0.25) is 0 Å². The first kappa shape index (κ1) is 16.5. The van der Waals surface area contributed by atoms with Gasteiger partial charge in [0.25, 0.3) is 0 Å². The fraction of sp³-hybridized carbons (Fsp3) is 0.227. The average molecular weight is 346 g/mol. The molecule has 1 saturated heterocycles. The predicted molar refractivity (Wildman–Crippen MR) is 106 cm³/mol. The van der Waals surface area contributed by atoms with Gasteiger partial charge in [0.15, 0.2) is 0 Å². The van der Waals surface area contributed by atoms with E-state index in [4.69, 9.17) is 5.11 Å². The Morgan fingerprint density at radius 3 is 2.31 bits per heavy atom. The number of carboxylic acids is 1. The Bertz CT molecular complexity index is 913. The molecule has 2 N–H and O–H groups in total. The minimum Gasteiger partial charge on any atom is -0.478 e. The van der Waals surface area contributed by atoms with Crippen LogP contribution in [0.3, 0.4) is 0 Å². The molecule has 0 atom stereocenters. The lowest BCUT2D eigenvalue weighted by molar-refractivity contribution is 0.0697. The monoisotopic (exact) mass is 346 g/mol. The smallest absolute Gasteiger partial charge is 0.335 e. The Kier molecular flexibility index (Phi) is 4.48. The molecule has 1 fully saturated rings. The van der Waals surface area contributed by atoms with E-state index < -0.39 is 5.97 Å². The fourth-order valence-electron chi connectivity index (χ4n) is 3.60. The summed E-state index contributed by atoms with van der Waals surface area (Å²) in [4.78, 5) is 13.4. The summed E-state index contributed by atoms with van der Waals surface area (Å²) in [5, 5.41) is 15.1. The Morgan fingerprint density at radius 1 is 0.923 bits per heavy atom. The van der Waals surface area contributed by atoms with Gasteiger partial charge in [-0.15, -0.1) is 0 Å². The van der Waals surface area contributed by atoms with Crippen molar-refractivity contribution >= 4 is 28.1 Å². The van der Waals surface area contributed by atoms with Crippen molar-refractivity contribution in [3.63, 3.8) is 0 Å². The van der Waals surface area contributed by atoms with Crippen LogP contribution in [0.5, 0.6) is 0 Å². The number of carbonyl (C=O) groups is 1. The number of piperidine rings is 1. The van der Waals surface area contributed by atoms with E-state index in [0.29, 0.717) is 11.6 Å². The standard InChI is InChI=1S/C22H22N2O2/c25-22(26)17-5-8-19(9-6-17)23-20-11-13-24(14-12-20)21-10-7-16-3-1-2-4-18(16)15-21/h1-10,15,20,23H,11-14H2,(H,25,26). The number of hydrogen-bond donors (Lipinski definition) is 2. The topological polar surface area (TPSA) is 52.6 Å². The lowest BCUT2D eigenvalue weighted by atomic mass is 10.0. The summed E-state index contributed by atoms with van der Waals surface area (Å²) in [7, 11) is 0. The van der Waals surface area contributed by atoms with Crippen molar-refractivity contribution in [3.8, 4) is 0 Å². The third kappa shape index (κ3) is 3.49. The van der Waals surface area contributed by atoms with Crippen LogP contribution in [0.15, 0.2) is 66.7 Å². The molecule has 1 heterocycles. The lowest BCUT2D eigenvalue weighted by Gasteiger charge is -2.34. The number of nitrogens with zero attached hydrogens (tertiary/aromatic N) is 1. The number of nitrogens with one attached hydrogen (secondary N) is 1. The number of fused-ring (bicyclic) bond motifs is 1. The number of anilines is 2. The van der Waals surface area contributed by atoms with Gasteiger partial charge in [0.1, 0.15) is 0 Å². The molecule has 0 amide bonds. The number of hydrogen-bond acceptors (Lipinski definition) is 3.